The zero-order valence-corrected chi connectivity index (χ0v) is 26.3. The molecule has 1 N–H and O–H groups in total. The Morgan fingerprint density at radius 1 is 1.11 bits per heavy atom. The topological polar surface area (TPSA) is 124 Å². The second-order valence-corrected chi connectivity index (χ2v) is 12.1. The third-order valence-corrected chi connectivity index (χ3v) is 8.20. The molecule has 4 rings (SSSR count). The van der Waals surface area contributed by atoms with Crippen molar-refractivity contribution in [2.75, 3.05) is 13.3 Å². The summed E-state index contributed by atoms with van der Waals surface area (Å²) in [6, 6.07) is 10.7. The normalized spacial score (nSPS) is 18.0. The Morgan fingerprint density at radius 3 is 2.11 bits per heavy atom. The Hall–Kier alpha value is -4.09. The zero-order valence-electron chi connectivity index (χ0n) is 25.5. The number of hydrogen-bond acceptors (Lipinski definition) is 8. The van der Waals surface area contributed by atoms with Gasteiger partial charge < -0.3 is 14.7 Å². The number of aromatic nitrogens is 3. The number of benzene rings is 1. The van der Waals surface area contributed by atoms with E-state index in [0.717, 1.165) is 37.4 Å². The van der Waals surface area contributed by atoms with E-state index in [1.807, 2.05) is 0 Å². The van der Waals surface area contributed by atoms with E-state index in [2.05, 4.69) is 55.4 Å². The number of terminal acetylenes is 1. The summed E-state index contributed by atoms with van der Waals surface area (Å²) in [5, 5.41) is 12.5. The Kier molecular flexibility index (Phi) is 14.4. The molecule has 1 aliphatic rings. The first-order valence-electron chi connectivity index (χ1n) is 13.5. The van der Waals surface area contributed by atoms with Crippen LogP contribution in [0.1, 0.15) is 45.7 Å². The first kappa shape index (κ1) is 37.9. The van der Waals surface area contributed by atoms with Crippen molar-refractivity contribution in [2.24, 2.45) is 13.0 Å². The summed E-state index contributed by atoms with van der Waals surface area (Å²) in [4.78, 5) is 24.1. The summed E-state index contributed by atoms with van der Waals surface area (Å²) in [6.07, 6.45) is 10.2. The highest BCUT2D eigenvalue weighted by atomic mass is 32.2. The molecule has 1 aromatic carbocycles. The van der Waals surface area contributed by atoms with E-state index in [9.17, 15) is 31.2 Å². The monoisotopic (exact) mass is 640 g/mol. The molecule has 0 radical (unpaired) electrons. The molecule has 3 atom stereocenters. The van der Waals surface area contributed by atoms with Gasteiger partial charge in [-0.05, 0) is 63.1 Å². The summed E-state index contributed by atoms with van der Waals surface area (Å²) < 4.78 is 64.9. The van der Waals surface area contributed by atoms with Crippen molar-refractivity contribution < 1.29 is 36.2 Å². The fourth-order valence-corrected chi connectivity index (χ4v) is 5.16. The molecule has 2 aromatic heterocycles. The van der Waals surface area contributed by atoms with Gasteiger partial charge in [-0.15, -0.1) is 17.9 Å². The predicted molar refractivity (Wildman–Crippen MR) is 161 cm³/mol. The van der Waals surface area contributed by atoms with Gasteiger partial charge in [0.05, 0.1) is 4.90 Å². The first-order valence-corrected chi connectivity index (χ1v) is 15.4. The number of alkyl halides is 3. The molecule has 0 bridgehead atoms. The molecule has 3 heterocycles. The summed E-state index contributed by atoms with van der Waals surface area (Å²) in [5.74, 6) is 0.422. The SMILES string of the molecule is C#C.CCC[C@H]1C[C@@H](C)C(C)N1C.CS(=O)(=O)c1ccc(-n2ccc(O)cc2=O)cc1.Cn1nc(OC=O)cc1C(F)(F)F. The third kappa shape index (κ3) is 10.9. The number of carbonyl (C=O) groups is 1. The molecular weight excluding hydrogens is 601 g/mol. The number of carbonyl (C=O) groups excluding carboxylic acids is 1. The second-order valence-electron chi connectivity index (χ2n) is 10.1. The number of aromatic hydroxyl groups is 1. The van der Waals surface area contributed by atoms with E-state index >= 15 is 0 Å². The molecule has 44 heavy (non-hydrogen) atoms. The van der Waals surface area contributed by atoms with Crippen LogP contribution < -0.4 is 10.3 Å². The molecular formula is C30H39F3N4O6S. The number of nitrogens with zero attached hydrogens (tertiary/aromatic N) is 4. The summed E-state index contributed by atoms with van der Waals surface area (Å²) >= 11 is 0. The highest BCUT2D eigenvalue weighted by Crippen LogP contribution is 2.31. The molecule has 1 unspecified atom stereocenters. The molecule has 0 saturated carbocycles. The van der Waals surface area contributed by atoms with Crippen LogP contribution >= 0.6 is 0 Å². The zero-order chi connectivity index (χ0) is 33.8. The Labute approximate surface area is 256 Å². The second kappa shape index (κ2) is 16.7. The lowest BCUT2D eigenvalue weighted by Gasteiger charge is -2.23. The molecule has 0 spiro atoms. The van der Waals surface area contributed by atoms with E-state index in [1.165, 1.54) is 60.4 Å². The van der Waals surface area contributed by atoms with E-state index in [0.29, 0.717) is 16.4 Å². The highest BCUT2D eigenvalue weighted by Gasteiger charge is 2.35. The van der Waals surface area contributed by atoms with E-state index in [4.69, 9.17) is 5.11 Å². The van der Waals surface area contributed by atoms with E-state index in [1.54, 1.807) is 0 Å². The lowest BCUT2D eigenvalue weighted by atomic mass is 10.0. The first-order chi connectivity index (χ1) is 20.5. The molecule has 242 valence electrons. The standard InChI is InChI=1S/C12H11NO4S.C10H21N.C6H5F3N2O2.C2H2/c1-18(16,17)11-4-2-9(3-5-11)13-7-6-10(14)8-12(13)15;1-5-6-10-7-8(2)9(3)11(10)4;1-11-4(6(7,8)9)2-5(10-11)13-3-12;1-2/h2-8,14H,1H3;8-10H,5-7H2,1-4H3;2-3H,1H3;1-2H/t;8-,9?,10+;;/m.1../s1. The maximum atomic E-state index is 12.1. The molecule has 1 aliphatic heterocycles. The van der Waals surface area contributed by atoms with Gasteiger partial charge in [-0.3, -0.25) is 18.8 Å². The summed E-state index contributed by atoms with van der Waals surface area (Å²) in [6.45, 7) is 7.02. The Bertz CT molecular complexity index is 1530. The number of aryl methyl sites for hydroxylation is 1. The van der Waals surface area contributed by atoms with Gasteiger partial charge in [-0.2, -0.15) is 13.2 Å². The molecule has 1 fully saturated rings. The van der Waals surface area contributed by atoms with Crippen molar-refractivity contribution in [1.82, 2.24) is 19.2 Å². The van der Waals surface area contributed by atoms with Crippen LogP contribution in [-0.2, 0) is 27.9 Å². The maximum absolute atomic E-state index is 12.1. The number of pyridine rings is 1. The van der Waals surface area contributed by atoms with Crippen LogP contribution in [0.5, 0.6) is 11.6 Å². The minimum atomic E-state index is -4.49. The van der Waals surface area contributed by atoms with Crippen molar-refractivity contribution >= 4 is 16.3 Å². The molecule has 1 saturated heterocycles. The van der Waals surface area contributed by atoms with Gasteiger partial charge in [0.1, 0.15) is 11.4 Å². The van der Waals surface area contributed by atoms with Gasteiger partial charge in [-0.25, -0.2) is 8.42 Å². The minimum absolute atomic E-state index is 0.0164. The van der Waals surface area contributed by atoms with Crippen molar-refractivity contribution in [3.05, 3.63) is 64.7 Å². The van der Waals surface area contributed by atoms with Crippen LogP contribution in [0.3, 0.4) is 0 Å². The lowest BCUT2D eigenvalue weighted by Crippen LogP contribution is -2.31. The van der Waals surface area contributed by atoms with Crippen LogP contribution in [0.2, 0.25) is 0 Å². The van der Waals surface area contributed by atoms with Gasteiger partial charge in [0, 0.05) is 49.4 Å². The third-order valence-electron chi connectivity index (χ3n) is 7.07. The molecule has 14 heteroatoms. The van der Waals surface area contributed by atoms with Crippen molar-refractivity contribution in [3.8, 4) is 30.2 Å². The highest BCUT2D eigenvalue weighted by molar-refractivity contribution is 7.90. The smallest absolute Gasteiger partial charge is 0.433 e. The van der Waals surface area contributed by atoms with Gasteiger partial charge in [0.15, 0.2) is 9.84 Å². The fraction of sp³-hybridized carbons (Fsp3) is 0.433. The molecule has 0 amide bonds. The van der Waals surface area contributed by atoms with Crippen LogP contribution in [-0.4, -0.2) is 64.6 Å². The van der Waals surface area contributed by atoms with E-state index in [-0.39, 0.29) is 28.6 Å². The van der Waals surface area contributed by atoms with Crippen LogP contribution in [0.4, 0.5) is 13.2 Å². The summed E-state index contributed by atoms with van der Waals surface area (Å²) in [7, 11) is 0.138. The van der Waals surface area contributed by atoms with E-state index < -0.39 is 21.7 Å². The number of halogens is 3. The number of ether oxygens (including phenoxy) is 1. The molecule has 10 nitrogen and oxygen atoms in total. The van der Waals surface area contributed by atoms with Crippen LogP contribution in [0, 0.1) is 18.8 Å². The number of rotatable bonds is 6. The number of hydrogen-bond donors (Lipinski definition) is 1. The quantitative estimate of drug-likeness (QED) is 0.304. The minimum Gasteiger partial charge on any atom is -0.508 e. The average Bonchev–Trinajstić information content (AvgIpc) is 3.44. The van der Waals surface area contributed by atoms with Crippen LogP contribution in [0.25, 0.3) is 5.69 Å². The summed E-state index contributed by atoms with van der Waals surface area (Å²) in [5.41, 5.74) is -0.821. The maximum Gasteiger partial charge on any atom is 0.433 e. The Balaban J connectivity index is 0.000000332. The van der Waals surface area contributed by atoms with Crippen LogP contribution in [0.15, 0.2) is 58.4 Å². The lowest BCUT2D eigenvalue weighted by molar-refractivity contribution is -0.143. The number of sulfone groups is 1. The molecule has 0 aliphatic carbocycles. The Morgan fingerprint density at radius 2 is 1.70 bits per heavy atom. The van der Waals surface area contributed by atoms with Crippen molar-refractivity contribution in [2.45, 2.75) is 63.2 Å². The van der Waals surface area contributed by atoms with Gasteiger partial charge in [0.2, 0.25) is 5.88 Å². The fourth-order valence-electron chi connectivity index (χ4n) is 4.53. The van der Waals surface area contributed by atoms with Gasteiger partial charge in [-0.1, -0.05) is 20.3 Å². The number of likely N-dealkylation sites (tertiary alicyclic amines) is 1. The largest absolute Gasteiger partial charge is 0.508 e. The van der Waals surface area contributed by atoms with Crippen molar-refractivity contribution in [1.29, 1.82) is 0 Å². The van der Waals surface area contributed by atoms with Gasteiger partial charge >= 0.3 is 6.18 Å². The predicted octanol–water partition coefficient (Wildman–Crippen LogP) is 4.69. The van der Waals surface area contributed by atoms with Crippen molar-refractivity contribution in [3.63, 3.8) is 0 Å². The van der Waals surface area contributed by atoms with Gasteiger partial charge in [0.25, 0.3) is 12.0 Å². The molecule has 3 aromatic rings. The average molecular weight is 641 g/mol.